The van der Waals surface area contributed by atoms with Crippen molar-refractivity contribution in [2.45, 2.75) is 46.1 Å². The van der Waals surface area contributed by atoms with Gasteiger partial charge in [-0.05, 0) is 50.3 Å². The Bertz CT molecular complexity index is 387. The highest BCUT2D eigenvalue weighted by molar-refractivity contribution is 5.59. The van der Waals surface area contributed by atoms with Gasteiger partial charge in [-0.25, -0.2) is 0 Å². The number of benzene rings is 1. The first kappa shape index (κ1) is 14.4. The second-order valence-corrected chi connectivity index (χ2v) is 6.16. The van der Waals surface area contributed by atoms with Crippen molar-refractivity contribution in [3.63, 3.8) is 0 Å². The summed E-state index contributed by atoms with van der Waals surface area (Å²) in [5.74, 6) is 0.826. The summed E-state index contributed by atoms with van der Waals surface area (Å²) in [6, 6.07) is 9.48. The zero-order chi connectivity index (χ0) is 13.7. The van der Waals surface area contributed by atoms with E-state index in [0.717, 1.165) is 25.6 Å². The number of nitrogens with one attached hydrogen (secondary N) is 1. The highest BCUT2D eigenvalue weighted by atomic mass is 15.2. The number of nitrogens with zero attached hydrogens (tertiary/aromatic N) is 1. The largest absolute Gasteiger partial charge is 0.367 e. The summed E-state index contributed by atoms with van der Waals surface area (Å²) in [6.45, 7) is 10.3. The van der Waals surface area contributed by atoms with E-state index in [1.165, 1.54) is 30.5 Å². The first-order valence-corrected chi connectivity index (χ1v) is 7.73. The molecule has 19 heavy (non-hydrogen) atoms. The zero-order valence-electron chi connectivity index (χ0n) is 12.7. The lowest BCUT2D eigenvalue weighted by Crippen LogP contribution is -2.36. The van der Waals surface area contributed by atoms with Gasteiger partial charge in [0.15, 0.2) is 0 Å². The molecule has 0 saturated carbocycles. The molecule has 0 saturated heterocycles. The summed E-state index contributed by atoms with van der Waals surface area (Å²) in [7, 11) is 0. The average Bonchev–Trinajstić information content (AvgIpc) is 2.69. The Morgan fingerprint density at radius 2 is 2.05 bits per heavy atom. The first-order valence-electron chi connectivity index (χ1n) is 7.73. The lowest BCUT2D eigenvalue weighted by atomic mass is 10.1. The number of anilines is 1. The number of hydrogen-bond acceptors (Lipinski definition) is 2. The van der Waals surface area contributed by atoms with Gasteiger partial charge in [0.1, 0.15) is 0 Å². The van der Waals surface area contributed by atoms with Crippen LogP contribution in [0.25, 0.3) is 0 Å². The van der Waals surface area contributed by atoms with Crippen LogP contribution in [0.2, 0.25) is 0 Å². The van der Waals surface area contributed by atoms with Gasteiger partial charge < -0.3 is 10.2 Å². The van der Waals surface area contributed by atoms with E-state index in [1.54, 1.807) is 0 Å². The predicted octanol–water partition coefficient (Wildman–Crippen LogP) is 3.46. The number of hydrogen-bond donors (Lipinski definition) is 1. The average molecular weight is 260 g/mol. The summed E-state index contributed by atoms with van der Waals surface area (Å²) < 4.78 is 0. The van der Waals surface area contributed by atoms with E-state index in [2.05, 4.69) is 55.3 Å². The molecule has 1 aromatic rings. The molecule has 0 radical (unpaired) electrons. The van der Waals surface area contributed by atoms with Crippen molar-refractivity contribution < 1.29 is 0 Å². The molecule has 2 heteroatoms. The lowest BCUT2D eigenvalue weighted by Gasteiger charge is -2.25. The molecular weight excluding hydrogens is 232 g/mol. The summed E-state index contributed by atoms with van der Waals surface area (Å²) in [4.78, 5) is 2.55. The van der Waals surface area contributed by atoms with Crippen molar-refractivity contribution in [3.05, 3.63) is 29.8 Å². The van der Waals surface area contributed by atoms with E-state index >= 15 is 0 Å². The van der Waals surface area contributed by atoms with E-state index in [9.17, 15) is 0 Å². The molecule has 0 amide bonds. The number of fused-ring (bicyclic) bond motifs is 1. The van der Waals surface area contributed by atoms with Crippen molar-refractivity contribution in [1.29, 1.82) is 0 Å². The zero-order valence-corrected chi connectivity index (χ0v) is 12.7. The summed E-state index contributed by atoms with van der Waals surface area (Å²) >= 11 is 0. The van der Waals surface area contributed by atoms with Gasteiger partial charge in [0.2, 0.25) is 0 Å². The number of para-hydroxylation sites is 1. The third-order valence-corrected chi connectivity index (χ3v) is 4.01. The summed E-state index contributed by atoms with van der Waals surface area (Å²) in [5, 5.41) is 3.58. The SMILES string of the molecule is CC(C)CCCNCCN1c2ccccc2CC1C. The Labute approximate surface area is 118 Å². The molecule has 0 aromatic heterocycles. The highest BCUT2D eigenvalue weighted by Crippen LogP contribution is 2.31. The van der Waals surface area contributed by atoms with Crippen LogP contribution in [0.3, 0.4) is 0 Å². The van der Waals surface area contributed by atoms with Gasteiger partial charge in [0, 0.05) is 24.8 Å². The van der Waals surface area contributed by atoms with Gasteiger partial charge in [0.05, 0.1) is 0 Å². The molecule has 0 bridgehead atoms. The van der Waals surface area contributed by atoms with Crippen LogP contribution < -0.4 is 10.2 Å². The smallest absolute Gasteiger partial charge is 0.0402 e. The molecule has 1 heterocycles. The maximum Gasteiger partial charge on any atom is 0.0402 e. The topological polar surface area (TPSA) is 15.3 Å². The molecule has 2 rings (SSSR count). The van der Waals surface area contributed by atoms with Crippen LogP contribution in [0, 0.1) is 5.92 Å². The quantitative estimate of drug-likeness (QED) is 0.755. The van der Waals surface area contributed by atoms with Gasteiger partial charge in [-0.1, -0.05) is 32.0 Å². The van der Waals surface area contributed by atoms with E-state index < -0.39 is 0 Å². The molecule has 1 unspecified atom stereocenters. The first-order chi connectivity index (χ1) is 9.18. The van der Waals surface area contributed by atoms with Crippen molar-refractivity contribution in [3.8, 4) is 0 Å². The molecule has 0 spiro atoms. The number of rotatable bonds is 7. The Hall–Kier alpha value is -1.02. The van der Waals surface area contributed by atoms with Crippen LogP contribution in [0.5, 0.6) is 0 Å². The van der Waals surface area contributed by atoms with E-state index in [0.29, 0.717) is 6.04 Å². The minimum absolute atomic E-state index is 0.648. The van der Waals surface area contributed by atoms with Crippen molar-refractivity contribution >= 4 is 5.69 Å². The second-order valence-electron chi connectivity index (χ2n) is 6.16. The molecule has 1 atom stereocenters. The van der Waals surface area contributed by atoms with Crippen molar-refractivity contribution in [2.24, 2.45) is 5.92 Å². The molecule has 0 fully saturated rings. The minimum Gasteiger partial charge on any atom is -0.367 e. The second kappa shape index (κ2) is 6.95. The standard InChI is InChI=1S/C17H28N2/c1-14(2)7-6-10-18-11-12-19-15(3)13-16-8-4-5-9-17(16)19/h4-5,8-9,14-15,18H,6-7,10-13H2,1-3H3. The fraction of sp³-hybridized carbons (Fsp3) is 0.647. The monoisotopic (exact) mass is 260 g/mol. The predicted molar refractivity (Wildman–Crippen MR) is 83.9 cm³/mol. The molecule has 1 aromatic carbocycles. The van der Waals surface area contributed by atoms with Crippen LogP contribution >= 0.6 is 0 Å². The highest BCUT2D eigenvalue weighted by Gasteiger charge is 2.24. The summed E-state index contributed by atoms with van der Waals surface area (Å²) in [5.41, 5.74) is 2.95. The molecule has 1 aliphatic rings. The third kappa shape index (κ3) is 3.97. The van der Waals surface area contributed by atoms with Crippen molar-refractivity contribution in [1.82, 2.24) is 5.32 Å². The van der Waals surface area contributed by atoms with Crippen LogP contribution in [0.4, 0.5) is 5.69 Å². The fourth-order valence-electron chi connectivity index (χ4n) is 2.93. The molecule has 1 N–H and O–H groups in total. The summed E-state index contributed by atoms with van der Waals surface area (Å²) in [6.07, 6.45) is 3.82. The Morgan fingerprint density at radius 1 is 1.26 bits per heavy atom. The molecule has 2 nitrogen and oxygen atoms in total. The molecule has 0 aliphatic carbocycles. The van der Waals surface area contributed by atoms with Crippen molar-refractivity contribution in [2.75, 3.05) is 24.5 Å². The van der Waals surface area contributed by atoms with Gasteiger partial charge >= 0.3 is 0 Å². The minimum atomic E-state index is 0.648. The van der Waals surface area contributed by atoms with Crippen LogP contribution in [0.15, 0.2) is 24.3 Å². The van der Waals surface area contributed by atoms with Crippen LogP contribution in [0.1, 0.15) is 39.2 Å². The molecular formula is C17H28N2. The molecule has 106 valence electrons. The van der Waals surface area contributed by atoms with Gasteiger partial charge in [-0.15, -0.1) is 0 Å². The van der Waals surface area contributed by atoms with Gasteiger partial charge in [-0.3, -0.25) is 0 Å². The Balaban J connectivity index is 1.72. The van der Waals surface area contributed by atoms with E-state index in [-0.39, 0.29) is 0 Å². The maximum absolute atomic E-state index is 3.58. The molecule has 1 aliphatic heterocycles. The Kier molecular flexibility index (Phi) is 5.26. The van der Waals surface area contributed by atoms with E-state index in [1.807, 2.05) is 0 Å². The van der Waals surface area contributed by atoms with Crippen LogP contribution in [-0.4, -0.2) is 25.7 Å². The van der Waals surface area contributed by atoms with E-state index in [4.69, 9.17) is 0 Å². The van der Waals surface area contributed by atoms with Gasteiger partial charge in [-0.2, -0.15) is 0 Å². The lowest BCUT2D eigenvalue weighted by molar-refractivity contribution is 0.524. The normalized spacial score (nSPS) is 18.1. The Morgan fingerprint density at radius 3 is 2.84 bits per heavy atom. The third-order valence-electron chi connectivity index (χ3n) is 4.01. The van der Waals surface area contributed by atoms with Crippen LogP contribution in [-0.2, 0) is 6.42 Å². The van der Waals surface area contributed by atoms with Gasteiger partial charge in [0.25, 0.3) is 0 Å². The fourth-order valence-corrected chi connectivity index (χ4v) is 2.93. The maximum atomic E-state index is 3.58.